The first-order valence-electron chi connectivity index (χ1n) is 8.17. The smallest absolute Gasteiger partial charge is 0.363 e. The van der Waals surface area contributed by atoms with E-state index in [1.54, 1.807) is 5.06 Å². The Labute approximate surface area is 140 Å². The molecule has 0 amide bonds. The second-order valence-electron chi connectivity index (χ2n) is 5.82. The van der Waals surface area contributed by atoms with Gasteiger partial charge in [-0.25, -0.2) is 4.79 Å². The van der Waals surface area contributed by atoms with E-state index in [9.17, 15) is 4.79 Å². The van der Waals surface area contributed by atoms with Gasteiger partial charge in [0.05, 0.1) is 5.52 Å². The number of carbonyl (C=O) groups excluding carboxylic acids is 1. The van der Waals surface area contributed by atoms with E-state index in [1.165, 1.54) is 0 Å². The van der Waals surface area contributed by atoms with Gasteiger partial charge in [0.1, 0.15) is 5.69 Å². The van der Waals surface area contributed by atoms with Gasteiger partial charge in [-0.05, 0) is 24.3 Å². The van der Waals surface area contributed by atoms with E-state index >= 15 is 0 Å². The molecule has 3 aromatic rings. The average molecular weight is 321 g/mol. The van der Waals surface area contributed by atoms with E-state index in [2.05, 4.69) is 5.32 Å². The number of aromatic nitrogens is 1. The highest BCUT2D eigenvalue weighted by Crippen LogP contribution is 2.25. The molecule has 5 heteroatoms. The highest BCUT2D eigenvalue weighted by molar-refractivity contribution is 5.97. The third kappa shape index (κ3) is 2.79. The Bertz CT molecular complexity index is 851. The van der Waals surface area contributed by atoms with Gasteiger partial charge >= 0.3 is 5.97 Å². The summed E-state index contributed by atoms with van der Waals surface area (Å²) in [5, 5.41) is 6.00. The van der Waals surface area contributed by atoms with E-state index in [4.69, 9.17) is 4.84 Å². The van der Waals surface area contributed by atoms with E-state index in [1.807, 2.05) is 65.2 Å². The number of nitrogens with one attached hydrogen (secondary N) is 1. The maximum Gasteiger partial charge on any atom is 0.374 e. The molecule has 0 bridgehead atoms. The van der Waals surface area contributed by atoms with Crippen molar-refractivity contribution in [3.63, 3.8) is 0 Å². The molecule has 0 spiro atoms. The van der Waals surface area contributed by atoms with Crippen molar-refractivity contribution in [2.75, 3.05) is 26.2 Å². The molecule has 0 saturated carbocycles. The largest absolute Gasteiger partial charge is 0.374 e. The van der Waals surface area contributed by atoms with Crippen LogP contribution in [0.15, 0.2) is 60.7 Å². The van der Waals surface area contributed by atoms with Crippen LogP contribution in [-0.2, 0) is 4.84 Å². The zero-order valence-corrected chi connectivity index (χ0v) is 13.3. The molecule has 1 aliphatic heterocycles. The Morgan fingerprint density at radius 2 is 1.67 bits per heavy atom. The molecule has 1 saturated heterocycles. The fourth-order valence-corrected chi connectivity index (χ4v) is 3.06. The van der Waals surface area contributed by atoms with Crippen LogP contribution in [0.3, 0.4) is 0 Å². The minimum Gasteiger partial charge on any atom is -0.363 e. The lowest BCUT2D eigenvalue weighted by molar-refractivity contribution is -0.115. The van der Waals surface area contributed by atoms with Gasteiger partial charge in [0.15, 0.2) is 0 Å². The fraction of sp³-hybridized carbons (Fsp3) is 0.211. The minimum atomic E-state index is -0.322. The first-order chi connectivity index (χ1) is 11.8. The molecule has 0 radical (unpaired) electrons. The van der Waals surface area contributed by atoms with Crippen LogP contribution >= 0.6 is 0 Å². The topological polar surface area (TPSA) is 46.5 Å². The van der Waals surface area contributed by atoms with Gasteiger partial charge in [-0.15, -0.1) is 5.06 Å². The van der Waals surface area contributed by atoms with Crippen LogP contribution in [0.2, 0.25) is 0 Å². The van der Waals surface area contributed by atoms with Crippen molar-refractivity contribution in [3.05, 3.63) is 66.4 Å². The quantitative estimate of drug-likeness (QED) is 0.805. The van der Waals surface area contributed by atoms with Crippen molar-refractivity contribution in [1.82, 2.24) is 14.9 Å². The van der Waals surface area contributed by atoms with Gasteiger partial charge in [-0.2, -0.15) is 0 Å². The molecule has 1 aromatic heterocycles. The van der Waals surface area contributed by atoms with Crippen LogP contribution in [0, 0.1) is 0 Å². The molecular weight excluding hydrogens is 302 g/mol. The summed E-state index contributed by atoms with van der Waals surface area (Å²) in [6.45, 7) is 3.07. The van der Waals surface area contributed by atoms with Crippen molar-refractivity contribution in [1.29, 1.82) is 0 Å². The predicted octanol–water partition coefficient (Wildman–Crippen LogP) is 2.61. The number of carbonyl (C=O) groups is 1. The van der Waals surface area contributed by atoms with Gasteiger partial charge < -0.3 is 14.7 Å². The molecule has 5 nitrogen and oxygen atoms in total. The third-order valence-electron chi connectivity index (χ3n) is 4.22. The summed E-state index contributed by atoms with van der Waals surface area (Å²) in [6, 6.07) is 19.8. The molecule has 24 heavy (non-hydrogen) atoms. The number of hydrogen-bond acceptors (Lipinski definition) is 4. The molecule has 4 rings (SSSR count). The zero-order chi connectivity index (χ0) is 16.4. The van der Waals surface area contributed by atoms with Gasteiger partial charge in [-0.3, -0.25) is 0 Å². The molecule has 2 aromatic carbocycles. The molecule has 1 fully saturated rings. The Balaban J connectivity index is 1.75. The normalized spacial score (nSPS) is 15.5. The van der Waals surface area contributed by atoms with Gasteiger partial charge in [-0.1, -0.05) is 36.4 Å². The predicted molar refractivity (Wildman–Crippen MR) is 93.1 cm³/mol. The van der Waals surface area contributed by atoms with Gasteiger partial charge in [0.2, 0.25) is 0 Å². The molecule has 122 valence electrons. The maximum absolute atomic E-state index is 12.8. The van der Waals surface area contributed by atoms with Crippen molar-refractivity contribution in [3.8, 4) is 5.69 Å². The summed E-state index contributed by atoms with van der Waals surface area (Å²) in [4.78, 5) is 18.4. The lowest BCUT2D eigenvalue weighted by Crippen LogP contribution is -2.44. The summed E-state index contributed by atoms with van der Waals surface area (Å²) in [7, 11) is 0. The number of fused-ring (bicyclic) bond motifs is 1. The number of hydroxylamine groups is 2. The molecule has 1 N–H and O–H groups in total. The number of nitrogens with zero attached hydrogens (tertiary/aromatic N) is 2. The summed E-state index contributed by atoms with van der Waals surface area (Å²) < 4.78 is 1.96. The second-order valence-corrected chi connectivity index (χ2v) is 5.82. The second kappa shape index (κ2) is 6.47. The Kier molecular flexibility index (Phi) is 4.02. The van der Waals surface area contributed by atoms with E-state index < -0.39 is 0 Å². The summed E-state index contributed by atoms with van der Waals surface area (Å²) in [6.07, 6.45) is 0. The third-order valence-corrected chi connectivity index (χ3v) is 4.22. The fourth-order valence-electron chi connectivity index (χ4n) is 3.06. The zero-order valence-electron chi connectivity index (χ0n) is 13.3. The van der Waals surface area contributed by atoms with Crippen molar-refractivity contribution >= 4 is 16.9 Å². The minimum absolute atomic E-state index is 0.322. The summed E-state index contributed by atoms with van der Waals surface area (Å²) in [5.74, 6) is -0.322. The molecule has 1 aliphatic rings. The molecule has 2 heterocycles. The molecule has 0 atom stereocenters. The van der Waals surface area contributed by atoms with Crippen LogP contribution in [0.1, 0.15) is 10.5 Å². The lowest BCUT2D eigenvalue weighted by atomic mass is 10.2. The first kappa shape index (κ1) is 14.9. The lowest BCUT2D eigenvalue weighted by Gasteiger charge is -2.25. The molecular formula is C19H19N3O2. The van der Waals surface area contributed by atoms with Crippen LogP contribution in [0.5, 0.6) is 0 Å². The Morgan fingerprint density at radius 3 is 2.46 bits per heavy atom. The number of piperazine rings is 1. The van der Waals surface area contributed by atoms with Crippen molar-refractivity contribution in [2.45, 2.75) is 0 Å². The Morgan fingerprint density at radius 1 is 0.958 bits per heavy atom. The number of benzene rings is 2. The van der Waals surface area contributed by atoms with Gasteiger partial charge in [0, 0.05) is 37.3 Å². The number of para-hydroxylation sites is 2. The first-order valence-corrected chi connectivity index (χ1v) is 8.17. The van der Waals surface area contributed by atoms with E-state index in [0.29, 0.717) is 18.8 Å². The van der Waals surface area contributed by atoms with Crippen LogP contribution in [-0.4, -0.2) is 41.8 Å². The van der Waals surface area contributed by atoms with Gasteiger partial charge in [0.25, 0.3) is 0 Å². The average Bonchev–Trinajstić information content (AvgIpc) is 3.03. The number of hydrogen-bond donors (Lipinski definition) is 1. The maximum atomic E-state index is 12.8. The van der Waals surface area contributed by atoms with Crippen LogP contribution < -0.4 is 5.32 Å². The summed E-state index contributed by atoms with van der Waals surface area (Å²) >= 11 is 0. The Hall–Kier alpha value is -2.63. The highest BCUT2D eigenvalue weighted by Gasteiger charge is 2.21. The SMILES string of the molecule is O=C(ON1CCNCC1)c1cc2ccccc2n1-c1ccccc1. The standard InChI is InChI=1S/C19H19N3O2/c23-19(24-21-12-10-20-11-13-21)18-14-15-6-4-5-9-17(15)22(18)16-7-2-1-3-8-16/h1-9,14,20H,10-13H2. The monoisotopic (exact) mass is 321 g/mol. The van der Waals surface area contributed by atoms with Crippen molar-refractivity contribution < 1.29 is 9.63 Å². The molecule has 0 aliphatic carbocycles. The summed E-state index contributed by atoms with van der Waals surface area (Å²) in [5.41, 5.74) is 2.49. The molecule has 0 unspecified atom stereocenters. The van der Waals surface area contributed by atoms with Crippen LogP contribution in [0.4, 0.5) is 0 Å². The van der Waals surface area contributed by atoms with Crippen molar-refractivity contribution in [2.24, 2.45) is 0 Å². The highest BCUT2D eigenvalue weighted by atomic mass is 16.7. The van der Waals surface area contributed by atoms with Crippen LogP contribution in [0.25, 0.3) is 16.6 Å². The van der Waals surface area contributed by atoms with E-state index in [0.717, 1.165) is 29.7 Å². The number of rotatable bonds is 3. The van der Waals surface area contributed by atoms with E-state index in [-0.39, 0.29) is 5.97 Å².